The second-order valence-electron chi connectivity index (χ2n) is 5.09. The predicted octanol–water partition coefficient (Wildman–Crippen LogP) is 3.27. The van der Waals surface area contributed by atoms with E-state index >= 15 is 0 Å². The van der Waals surface area contributed by atoms with Crippen LogP contribution in [0.4, 0.5) is 5.69 Å². The maximum atomic E-state index is 5.83. The van der Waals surface area contributed by atoms with Gasteiger partial charge in [0.2, 0.25) is 0 Å². The summed E-state index contributed by atoms with van der Waals surface area (Å²) in [5.74, 6) is 0.793. The SMILES string of the molecule is COc1ccc(C(N)=S)c(N(C)Cc2cccc(C)c2)c1. The molecule has 3 nitrogen and oxygen atoms in total. The van der Waals surface area contributed by atoms with E-state index in [-0.39, 0.29) is 0 Å². The minimum Gasteiger partial charge on any atom is -0.497 e. The van der Waals surface area contributed by atoms with Gasteiger partial charge >= 0.3 is 0 Å². The van der Waals surface area contributed by atoms with Gasteiger partial charge in [-0.1, -0.05) is 42.0 Å². The van der Waals surface area contributed by atoms with E-state index in [1.54, 1.807) is 7.11 Å². The summed E-state index contributed by atoms with van der Waals surface area (Å²) in [6.07, 6.45) is 0. The molecule has 0 aromatic heterocycles. The summed E-state index contributed by atoms with van der Waals surface area (Å²) in [5, 5.41) is 0. The average Bonchev–Trinajstić information content (AvgIpc) is 2.46. The van der Waals surface area contributed by atoms with Gasteiger partial charge < -0.3 is 15.4 Å². The van der Waals surface area contributed by atoms with Crippen molar-refractivity contribution < 1.29 is 4.74 Å². The fourth-order valence-corrected chi connectivity index (χ4v) is 2.50. The van der Waals surface area contributed by atoms with E-state index in [0.717, 1.165) is 23.5 Å². The van der Waals surface area contributed by atoms with Crippen molar-refractivity contribution in [3.05, 3.63) is 59.2 Å². The van der Waals surface area contributed by atoms with Crippen molar-refractivity contribution in [2.24, 2.45) is 5.73 Å². The molecule has 0 aliphatic heterocycles. The Morgan fingerprint density at radius 1 is 1.24 bits per heavy atom. The number of ether oxygens (including phenoxy) is 1. The third-order valence-electron chi connectivity index (χ3n) is 3.38. The van der Waals surface area contributed by atoms with Gasteiger partial charge in [0.05, 0.1) is 12.8 Å². The molecule has 21 heavy (non-hydrogen) atoms. The van der Waals surface area contributed by atoms with Crippen LogP contribution in [-0.2, 0) is 6.54 Å². The summed E-state index contributed by atoms with van der Waals surface area (Å²) in [4.78, 5) is 2.52. The minimum atomic E-state index is 0.392. The second kappa shape index (κ2) is 6.59. The van der Waals surface area contributed by atoms with Crippen LogP contribution in [0.2, 0.25) is 0 Å². The number of nitrogens with two attached hydrogens (primary N) is 1. The smallest absolute Gasteiger partial charge is 0.120 e. The highest BCUT2D eigenvalue weighted by Gasteiger charge is 2.11. The van der Waals surface area contributed by atoms with Gasteiger partial charge in [0.1, 0.15) is 10.7 Å². The van der Waals surface area contributed by atoms with Crippen LogP contribution in [0.5, 0.6) is 5.75 Å². The minimum absolute atomic E-state index is 0.392. The van der Waals surface area contributed by atoms with E-state index in [4.69, 9.17) is 22.7 Å². The molecule has 4 heteroatoms. The Kier molecular flexibility index (Phi) is 4.81. The maximum absolute atomic E-state index is 5.83. The van der Waals surface area contributed by atoms with Gasteiger partial charge in [-0.2, -0.15) is 0 Å². The molecular weight excluding hydrogens is 280 g/mol. The Balaban J connectivity index is 2.33. The monoisotopic (exact) mass is 300 g/mol. The Morgan fingerprint density at radius 2 is 2.00 bits per heavy atom. The molecule has 0 atom stereocenters. The van der Waals surface area contributed by atoms with E-state index in [9.17, 15) is 0 Å². The molecule has 0 amide bonds. The van der Waals surface area contributed by atoms with Crippen LogP contribution in [0, 0.1) is 6.92 Å². The number of hydrogen-bond acceptors (Lipinski definition) is 3. The van der Waals surface area contributed by atoms with Crippen LogP contribution >= 0.6 is 12.2 Å². The number of thiocarbonyl (C=S) groups is 1. The molecule has 2 rings (SSSR count). The van der Waals surface area contributed by atoms with Crippen molar-refractivity contribution >= 4 is 22.9 Å². The zero-order chi connectivity index (χ0) is 15.4. The standard InChI is InChI=1S/C17H20N2OS/c1-12-5-4-6-13(9-12)11-19(2)16-10-14(20-3)7-8-15(16)17(18)21/h4-10H,11H2,1-3H3,(H2,18,21). The van der Waals surface area contributed by atoms with Crippen LogP contribution < -0.4 is 15.4 Å². The number of nitrogens with zero attached hydrogens (tertiary/aromatic N) is 1. The number of benzene rings is 2. The predicted molar refractivity (Wildman–Crippen MR) is 92.2 cm³/mol. The summed E-state index contributed by atoms with van der Waals surface area (Å²) in [5.41, 5.74) is 10.2. The topological polar surface area (TPSA) is 38.5 Å². The van der Waals surface area contributed by atoms with Crippen molar-refractivity contribution in [2.75, 3.05) is 19.1 Å². The summed E-state index contributed by atoms with van der Waals surface area (Å²) in [6.45, 7) is 2.87. The molecule has 0 heterocycles. The quantitative estimate of drug-likeness (QED) is 0.860. The Hall–Kier alpha value is -2.07. The molecule has 0 aliphatic rings. The molecule has 0 spiro atoms. The zero-order valence-electron chi connectivity index (χ0n) is 12.6. The molecule has 2 N–H and O–H groups in total. The highest BCUT2D eigenvalue weighted by molar-refractivity contribution is 7.80. The van der Waals surface area contributed by atoms with Gasteiger partial charge in [-0.25, -0.2) is 0 Å². The van der Waals surface area contributed by atoms with E-state index in [1.807, 2.05) is 25.2 Å². The molecule has 0 fully saturated rings. The molecule has 0 bridgehead atoms. The van der Waals surface area contributed by atoms with Crippen LogP contribution in [0.15, 0.2) is 42.5 Å². The first kappa shape index (κ1) is 15.3. The molecular formula is C17H20N2OS. The van der Waals surface area contributed by atoms with E-state index in [1.165, 1.54) is 11.1 Å². The number of anilines is 1. The van der Waals surface area contributed by atoms with Gasteiger partial charge in [0.15, 0.2) is 0 Å². The van der Waals surface area contributed by atoms with Crippen LogP contribution in [0.25, 0.3) is 0 Å². The normalized spacial score (nSPS) is 10.2. The molecule has 110 valence electrons. The molecule has 0 saturated heterocycles. The van der Waals surface area contributed by atoms with E-state index < -0.39 is 0 Å². The Labute approximate surface area is 131 Å². The molecule has 2 aromatic rings. The summed E-state index contributed by atoms with van der Waals surface area (Å²) < 4.78 is 5.30. The van der Waals surface area contributed by atoms with Crippen LogP contribution in [-0.4, -0.2) is 19.1 Å². The fourth-order valence-electron chi connectivity index (χ4n) is 2.33. The summed E-state index contributed by atoms with van der Waals surface area (Å²) in [6, 6.07) is 14.2. The van der Waals surface area contributed by atoms with Gasteiger partial charge in [-0.15, -0.1) is 0 Å². The number of aryl methyl sites for hydroxylation is 1. The Bertz CT molecular complexity index is 655. The molecule has 0 unspecified atom stereocenters. The lowest BCUT2D eigenvalue weighted by atomic mass is 10.1. The largest absolute Gasteiger partial charge is 0.497 e. The van der Waals surface area contributed by atoms with Crippen LogP contribution in [0.3, 0.4) is 0 Å². The molecule has 2 aromatic carbocycles. The lowest BCUT2D eigenvalue weighted by Gasteiger charge is -2.23. The van der Waals surface area contributed by atoms with Crippen molar-refractivity contribution in [3.63, 3.8) is 0 Å². The highest BCUT2D eigenvalue weighted by Crippen LogP contribution is 2.26. The van der Waals surface area contributed by atoms with Crippen LogP contribution in [0.1, 0.15) is 16.7 Å². The maximum Gasteiger partial charge on any atom is 0.120 e. The van der Waals surface area contributed by atoms with Gasteiger partial charge in [-0.3, -0.25) is 0 Å². The van der Waals surface area contributed by atoms with Gasteiger partial charge in [0.25, 0.3) is 0 Å². The number of methoxy groups -OCH3 is 1. The lowest BCUT2D eigenvalue weighted by molar-refractivity contribution is 0.415. The third-order valence-corrected chi connectivity index (χ3v) is 3.60. The lowest BCUT2D eigenvalue weighted by Crippen LogP contribution is -2.21. The first-order chi connectivity index (χ1) is 10.0. The van der Waals surface area contributed by atoms with Crippen molar-refractivity contribution in [1.29, 1.82) is 0 Å². The third kappa shape index (κ3) is 3.73. The Morgan fingerprint density at radius 3 is 2.62 bits per heavy atom. The number of rotatable bonds is 5. The summed E-state index contributed by atoms with van der Waals surface area (Å²) >= 11 is 5.14. The van der Waals surface area contributed by atoms with Gasteiger partial charge in [-0.05, 0) is 24.6 Å². The van der Waals surface area contributed by atoms with Gasteiger partial charge in [0, 0.05) is 25.2 Å². The fraction of sp³-hybridized carbons (Fsp3) is 0.235. The number of hydrogen-bond donors (Lipinski definition) is 1. The first-order valence-corrected chi connectivity index (χ1v) is 7.16. The van der Waals surface area contributed by atoms with E-state index in [2.05, 4.69) is 36.1 Å². The van der Waals surface area contributed by atoms with Crippen molar-refractivity contribution in [2.45, 2.75) is 13.5 Å². The molecule has 0 radical (unpaired) electrons. The highest BCUT2D eigenvalue weighted by atomic mass is 32.1. The zero-order valence-corrected chi connectivity index (χ0v) is 13.4. The molecule has 0 aliphatic carbocycles. The average molecular weight is 300 g/mol. The van der Waals surface area contributed by atoms with Crippen molar-refractivity contribution in [3.8, 4) is 5.75 Å². The van der Waals surface area contributed by atoms with E-state index in [0.29, 0.717) is 4.99 Å². The molecule has 0 saturated carbocycles. The first-order valence-electron chi connectivity index (χ1n) is 6.76. The summed E-state index contributed by atoms with van der Waals surface area (Å²) in [7, 11) is 3.68. The van der Waals surface area contributed by atoms with Crippen molar-refractivity contribution in [1.82, 2.24) is 0 Å². The second-order valence-corrected chi connectivity index (χ2v) is 5.53.